The van der Waals surface area contributed by atoms with Gasteiger partial charge < -0.3 is 21.9 Å². The van der Waals surface area contributed by atoms with Gasteiger partial charge in [-0.05, 0) is 43.4 Å². The molecule has 0 aliphatic heterocycles. The Labute approximate surface area is 113 Å². The average molecular weight is 263 g/mol. The van der Waals surface area contributed by atoms with E-state index in [0.717, 1.165) is 25.7 Å². The minimum Gasteiger partial charge on any atom is -0.399 e. The predicted molar refractivity (Wildman–Crippen MR) is 75.6 cm³/mol. The molecule has 0 spiro atoms. The quantitative estimate of drug-likeness (QED) is 0.614. The first-order valence-electron chi connectivity index (χ1n) is 6.67. The van der Waals surface area contributed by atoms with Crippen LogP contribution in [-0.4, -0.2) is 23.7 Å². The molecule has 2 atom stereocenters. The fourth-order valence-electron chi connectivity index (χ4n) is 2.59. The number of amides is 1. The number of anilines is 2. The first kappa shape index (κ1) is 13.7. The Kier molecular flexibility index (Phi) is 4.27. The van der Waals surface area contributed by atoms with Crippen LogP contribution in [0.15, 0.2) is 18.2 Å². The predicted octanol–water partition coefficient (Wildman–Crippen LogP) is 1.13. The average Bonchev–Trinajstić information content (AvgIpc) is 2.35. The monoisotopic (exact) mass is 263 g/mol. The van der Waals surface area contributed by atoms with Gasteiger partial charge in [-0.2, -0.15) is 0 Å². The van der Waals surface area contributed by atoms with Crippen molar-refractivity contribution in [3.63, 3.8) is 0 Å². The number of carbonyl (C=O) groups excluding carboxylic acids is 1. The zero-order chi connectivity index (χ0) is 13.8. The number of rotatable bonds is 3. The Morgan fingerprint density at radius 1 is 1.26 bits per heavy atom. The maximum absolute atomic E-state index is 12.0. The number of hydrogen-bond donors (Lipinski definition) is 4. The van der Waals surface area contributed by atoms with Gasteiger partial charge in [-0.1, -0.05) is 6.42 Å². The van der Waals surface area contributed by atoms with Gasteiger partial charge in [-0.3, -0.25) is 4.79 Å². The second-order valence-electron chi connectivity index (χ2n) is 5.28. The maximum Gasteiger partial charge on any atom is 0.251 e. The highest BCUT2D eigenvalue weighted by Gasteiger charge is 2.20. The van der Waals surface area contributed by atoms with Gasteiger partial charge in [0.2, 0.25) is 0 Å². The van der Waals surface area contributed by atoms with Gasteiger partial charge in [0.15, 0.2) is 0 Å². The van der Waals surface area contributed by atoms with Crippen LogP contribution in [0.4, 0.5) is 11.4 Å². The second kappa shape index (κ2) is 5.93. The summed E-state index contributed by atoms with van der Waals surface area (Å²) in [6.07, 6.45) is 3.48. The van der Waals surface area contributed by atoms with Gasteiger partial charge >= 0.3 is 0 Å². The maximum atomic E-state index is 12.0. The normalized spacial score (nSPS) is 23.0. The number of aliphatic hydroxyl groups excluding tert-OH is 1. The third-order valence-corrected chi connectivity index (χ3v) is 3.55. The largest absolute Gasteiger partial charge is 0.399 e. The van der Waals surface area contributed by atoms with Gasteiger partial charge in [0, 0.05) is 23.5 Å². The highest BCUT2D eigenvalue weighted by Crippen LogP contribution is 2.23. The lowest BCUT2D eigenvalue weighted by Crippen LogP contribution is -2.33. The second-order valence-corrected chi connectivity index (χ2v) is 5.28. The molecule has 2 unspecified atom stereocenters. The Hall–Kier alpha value is -1.75. The van der Waals surface area contributed by atoms with E-state index < -0.39 is 0 Å². The molecule has 1 aromatic rings. The molecule has 1 aliphatic rings. The SMILES string of the molecule is Nc1cc(N)cc(C(=O)NCC2CCCC(O)C2)c1. The highest BCUT2D eigenvalue weighted by molar-refractivity contribution is 5.96. The summed E-state index contributed by atoms with van der Waals surface area (Å²) in [7, 11) is 0. The van der Waals surface area contributed by atoms with Gasteiger partial charge in [-0.15, -0.1) is 0 Å². The van der Waals surface area contributed by atoms with Crippen molar-refractivity contribution in [2.45, 2.75) is 31.8 Å². The summed E-state index contributed by atoms with van der Waals surface area (Å²) < 4.78 is 0. The van der Waals surface area contributed by atoms with Gasteiger partial charge in [0.25, 0.3) is 5.91 Å². The third-order valence-electron chi connectivity index (χ3n) is 3.55. The lowest BCUT2D eigenvalue weighted by molar-refractivity contribution is 0.0874. The minimum atomic E-state index is -0.223. The molecule has 1 saturated carbocycles. The fourth-order valence-corrected chi connectivity index (χ4v) is 2.59. The first-order chi connectivity index (χ1) is 9.04. The van der Waals surface area contributed by atoms with Crippen molar-refractivity contribution in [2.75, 3.05) is 18.0 Å². The Balaban J connectivity index is 1.90. The molecule has 5 nitrogen and oxygen atoms in total. The number of nitrogens with two attached hydrogens (primary N) is 2. The first-order valence-corrected chi connectivity index (χ1v) is 6.67. The number of aliphatic hydroxyl groups is 1. The van der Waals surface area contributed by atoms with Crippen LogP contribution in [0.3, 0.4) is 0 Å². The molecule has 6 N–H and O–H groups in total. The molecule has 0 heterocycles. The molecular weight excluding hydrogens is 242 g/mol. The van der Waals surface area contributed by atoms with Crippen LogP contribution < -0.4 is 16.8 Å². The van der Waals surface area contributed by atoms with Crippen molar-refractivity contribution in [1.82, 2.24) is 5.32 Å². The molecule has 19 heavy (non-hydrogen) atoms. The van der Waals surface area contributed by atoms with Crippen LogP contribution >= 0.6 is 0 Å². The number of carbonyl (C=O) groups is 1. The summed E-state index contributed by atoms with van der Waals surface area (Å²) in [6, 6.07) is 4.84. The third kappa shape index (κ3) is 3.86. The highest BCUT2D eigenvalue weighted by atomic mass is 16.3. The molecule has 5 heteroatoms. The molecule has 1 aromatic carbocycles. The van der Waals surface area contributed by atoms with Crippen molar-refractivity contribution in [1.29, 1.82) is 0 Å². The molecular formula is C14H21N3O2. The number of nitrogens with one attached hydrogen (secondary N) is 1. The van der Waals surface area contributed by atoms with Crippen LogP contribution in [-0.2, 0) is 0 Å². The van der Waals surface area contributed by atoms with Crippen LogP contribution in [0.2, 0.25) is 0 Å². The lowest BCUT2D eigenvalue weighted by Gasteiger charge is -2.25. The summed E-state index contributed by atoms with van der Waals surface area (Å²) in [5.41, 5.74) is 12.8. The zero-order valence-electron chi connectivity index (χ0n) is 10.9. The molecule has 0 aromatic heterocycles. The van der Waals surface area contributed by atoms with E-state index in [1.54, 1.807) is 18.2 Å². The lowest BCUT2D eigenvalue weighted by atomic mass is 9.87. The minimum absolute atomic E-state index is 0.168. The Morgan fingerprint density at radius 2 is 1.95 bits per heavy atom. The molecule has 1 aliphatic carbocycles. The Bertz CT molecular complexity index is 442. The topological polar surface area (TPSA) is 101 Å². The number of nitrogen functional groups attached to an aromatic ring is 2. The Morgan fingerprint density at radius 3 is 2.58 bits per heavy atom. The van der Waals surface area contributed by atoms with E-state index in [1.807, 2.05) is 0 Å². The fraction of sp³-hybridized carbons (Fsp3) is 0.500. The summed E-state index contributed by atoms with van der Waals surface area (Å²) >= 11 is 0. The van der Waals surface area contributed by atoms with Gasteiger partial charge in [-0.25, -0.2) is 0 Å². The molecule has 0 bridgehead atoms. The summed E-state index contributed by atoms with van der Waals surface area (Å²) in [4.78, 5) is 12.0. The molecule has 1 amide bonds. The van der Waals surface area contributed by atoms with Crippen molar-refractivity contribution in [3.8, 4) is 0 Å². The van der Waals surface area contributed by atoms with Crippen molar-refractivity contribution in [3.05, 3.63) is 23.8 Å². The summed E-state index contributed by atoms with van der Waals surface area (Å²) in [5.74, 6) is 0.185. The van der Waals surface area contributed by atoms with E-state index in [1.165, 1.54) is 0 Å². The molecule has 104 valence electrons. The molecule has 1 fully saturated rings. The molecule has 2 rings (SSSR count). The van der Waals surface area contributed by atoms with E-state index in [2.05, 4.69) is 5.32 Å². The van der Waals surface area contributed by atoms with E-state index in [9.17, 15) is 9.90 Å². The summed E-state index contributed by atoms with van der Waals surface area (Å²) in [6.45, 7) is 0.588. The van der Waals surface area contributed by atoms with Crippen LogP contribution in [0.1, 0.15) is 36.0 Å². The van der Waals surface area contributed by atoms with Gasteiger partial charge in [0.05, 0.1) is 6.10 Å². The van der Waals surface area contributed by atoms with Crippen LogP contribution in [0.25, 0.3) is 0 Å². The smallest absolute Gasteiger partial charge is 0.251 e. The van der Waals surface area contributed by atoms with Gasteiger partial charge in [0.1, 0.15) is 0 Å². The van der Waals surface area contributed by atoms with E-state index in [0.29, 0.717) is 29.4 Å². The molecule has 0 saturated heterocycles. The van der Waals surface area contributed by atoms with Crippen molar-refractivity contribution < 1.29 is 9.90 Å². The van der Waals surface area contributed by atoms with Crippen LogP contribution in [0.5, 0.6) is 0 Å². The number of benzene rings is 1. The van der Waals surface area contributed by atoms with E-state index in [-0.39, 0.29) is 12.0 Å². The standard InChI is InChI=1S/C14H21N3O2/c15-11-5-10(6-12(16)7-11)14(19)17-8-9-2-1-3-13(18)4-9/h5-7,9,13,18H,1-4,8,15-16H2,(H,17,19). The van der Waals surface area contributed by atoms with Crippen molar-refractivity contribution >= 4 is 17.3 Å². The van der Waals surface area contributed by atoms with E-state index >= 15 is 0 Å². The van der Waals surface area contributed by atoms with E-state index in [4.69, 9.17) is 11.5 Å². The van der Waals surface area contributed by atoms with Crippen LogP contribution in [0, 0.1) is 5.92 Å². The summed E-state index contributed by atoms with van der Waals surface area (Å²) in [5, 5.41) is 12.5. The molecule has 0 radical (unpaired) electrons. The number of hydrogen-bond acceptors (Lipinski definition) is 4. The van der Waals surface area contributed by atoms with Crippen molar-refractivity contribution in [2.24, 2.45) is 5.92 Å². The zero-order valence-corrected chi connectivity index (χ0v) is 10.9.